The van der Waals surface area contributed by atoms with E-state index < -0.39 is 0 Å². The molecule has 1 fully saturated rings. The molecule has 2 rings (SSSR count). The van der Waals surface area contributed by atoms with Crippen LogP contribution in [-0.2, 0) is 0 Å². The summed E-state index contributed by atoms with van der Waals surface area (Å²) < 4.78 is 1.16. The van der Waals surface area contributed by atoms with Gasteiger partial charge in [0.2, 0.25) is 0 Å². The number of anilines is 1. The monoisotopic (exact) mass is 345 g/mol. The molecule has 1 aliphatic rings. The highest BCUT2D eigenvalue weighted by Crippen LogP contribution is 2.13. The second-order valence-corrected chi connectivity index (χ2v) is 5.43. The Morgan fingerprint density at radius 3 is 2.82 bits per heavy atom. The smallest absolute Gasteiger partial charge is 0.319 e. The lowest BCUT2D eigenvalue weighted by Gasteiger charge is -2.33. The van der Waals surface area contributed by atoms with Crippen molar-refractivity contribution in [1.82, 2.24) is 10.2 Å². The van der Waals surface area contributed by atoms with Crippen LogP contribution in [0.1, 0.15) is 6.92 Å². The number of piperazine rings is 1. The number of halogens is 1. The normalized spacial score (nSPS) is 20.1. The zero-order valence-electron chi connectivity index (χ0n) is 9.74. The predicted octanol–water partition coefficient (Wildman–Crippen LogP) is 2.12. The van der Waals surface area contributed by atoms with Crippen molar-refractivity contribution in [2.45, 2.75) is 13.0 Å². The van der Waals surface area contributed by atoms with Crippen molar-refractivity contribution in [1.29, 1.82) is 0 Å². The minimum absolute atomic E-state index is 0.0137. The summed E-state index contributed by atoms with van der Waals surface area (Å²) in [6.45, 7) is 4.54. The molecule has 1 aliphatic heterocycles. The van der Waals surface area contributed by atoms with Gasteiger partial charge in [0, 0.05) is 34.9 Å². The van der Waals surface area contributed by atoms with Gasteiger partial charge in [0.1, 0.15) is 0 Å². The number of carbonyl (C=O) groups excluding carboxylic acids is 1. The van der Waals surface area contributed by atoms with Gasteiger partial charge in [-0.25, -0.2) is 4.79 Å². The van der Waals surface area contributed by atoms with Crippen LogP contribution >= 0.6 is 22.6 Å². The number of hydrogen-bond acceptors (Lipinski definition) is 2. The highest BCUT2D eigenvalue weighted by molar-refractivity contribution is 14.1. The second kappa shape index (κ2) is 5.68. The number of amides is 2. The molecule has 0 bridgehead atoms. The fraction of sp³-hybridized carbons (Fsp3) is 0.417. The highest BCUT2D eigenvalue weighted by atomic mass is 127. The van der Waals surface area contributed by atoms with Crippen molar-refractivity contribution in [2.75, 3.05) is 25.0 Å². The summed E-state index contributed by atoms with van der Waals surface area (Å²) in [5, 5.41) is 6.19. The van der Waals surface area contributed by atoms with Gasteiger partial charge in [0.05, 0.1) is 0 Å². The molecule has 0 aromatic heterocycles. The molecule has 1 atom stereocenters. The largest absolute Gasteiger partial charge is 0.322 e. The van der Waals surface area contributed by atoms with Crippen molar-refractivity contribution in [3.05, 3.63) is 27.8 Å². The quantitative estimate of drug-likeness (QED) is 0.766. The Labute approximate surface area is 115 Å². The molecule has 1 aromatic rings. The second-order valence-electron chi connectivity index (χ2n) is 4.18. The number of carbonyl (C=O) groups is 1. The first-order valence-electron chi connectivity index (χ1n) is 5.71. The number of nitrogens with one attached hydrogen (secondary N) is 2. The lowest BCUT2D eigenvalue weighted by Crippen LogP contribution is -2.53. The minimum Gasteiger partial charge on any atom is -0.319 e. The molecule has 1 aromatic carbocycles. The van der Waals surface area contributed by atoms with Crippen molar-refractivity contribution in [2.24, 2.45) is 0 Å². The van der Waals surface area contributed by atoms with Gasteiger partial charge < -0.3 is 15.5 Å². The average Bonchev–Trinajstić information content (AvgIpc) is 2.32. The van der Waals surface area contributed by atoms with E-state index in [1.54, 1.807) is 0 Å². The van der Waals surface area contributed by atoms with Crippen LogP contribution in [0, 0.1) is 3.57 Å². The van der Waals surface area contributed by atoms with Gasteiger partial charge in [-0.1, -0.05) is 0 Å². The summed E-state index contributed by atoms with van der Waals surface area (Å²) in [6, 6.07) is 8.04. The van der Waals surface area contributed by atoms with Crippen molar-refractivity contribution in [3.8, 4) is 0 Å². The summed E-state index contributed by atoms with van der Waals surface area (Å²) in [6.07, 6.45) is 0. The summed E-state index contributed by atoms with van der Waals surface area (Å²) in [4.78, 5) is 13.9. The first kappa shape index (κ1) is 12.6. The molecule has 2 N–H and O–H groups in total. The number of rotatable bonds is 1. The van der Waals surface area contributed by atoms with E-state index in [-0.39, 0.29) is 12.1 Å². The average molecular weight is 345 g/mol. The standard InChI is InChI=1S/C12H16IN3O/c1-9-8-14-6-7-16(9)12(17)15-11-4-2-10(13)3-5-11/h2-5,9,14H,6-8H2,1H3,(H,15,17)/t9-/m0/s1. The maximum absolute atomic E-state index is 12.0. The van der Waals surface area contributed by atoms with E-state index in [4.69, 9.17) is 0 Å². The third kappa shape index (κ3) is 3.32. The van der Waals surface area contributed by atoms with E-state index in [0.717, 1.165) is 28.9 Å². The van der Waals surface area contributed by atoms with E-state index in [1.165, 1.54) is 0 Å². The molecule has 4 nitrogen and oxygen atoms in total. The fourth-order valence-electron chi connectivity index (χ4n) is 1.87. The van der Waals surface area contributed by atoms with Gasteiger partial charge in [-0.2, -0.15) is 0 Å². The van der Waals surface area contributed by atoms with E-state index in [1.807, 2.05) is 29.2 Å². The molecule has 5 heteroatoms. The van der Waals surface area contributed by atoms with Crippen LogP contribution in [0.25, 0.3) is 0 Å². The van der Waals surface area contributed by atoms with Crippen LogP contribution < -0.4 is 10.6 Å². The van der Waals surface area contributed by atoms with Crippen molar-refractivity contribution >= 4 is 34.3 Å². The number of urea groups is 1. The van der Waals surface area contributed by atoms with Crippen LogP contribution in [0.15, 0.2) is 24.3 Å². The van der Waals surface area contributed by atoms with E-state index in [0.29, 0.717) is 0 Å². The number of hydrogen-bond donors (Lipinski definition) is 2. The van der Waals surface area contributed by atoms with E-state index in [2.05, 4.69) is 40.1 Å². The summed E-state index contributed by atoms with van der Waals surface area (Å²) >= 11 is 2.25. The molecular formula is C12H16IN3O. The molecule has 0 aliphatic carbocycles. The molecule has 0 unspecified atom stereocenters. The van der Waals surface area contributed by atoms with E-state index in [9.17, 15) is 4.79 Å². The number of nitrogens with zero attached hydrogens (tertiary/aromatic N) is 1. The van der Waals surface area contributed by atoms with Gasteiger partial charge >= 0.3 is 6.03 Å². The Morgan fingerprint density at radius 1 is 1.47 bits per heavy atom. The summed E-state index contributed by atoms with van der Waals surface area (Å²) in [5.41, 5.74) is 0.848. The van der Waals surface area contributed by atoms with Gasteiger partial charge in [-0.3, -0.25) is 0 Å². The Bertz CT molecular complexity index is 393. The predicted molar refractivity (Wildman–Crippen MR) is 77.2 cm³/mol. The highest BCUT2D eigenvalue weighted by Gasteiger charge is 2.22. The molecule has 0 saturated carbocycles. The van der Waals surface area contributed by atoms with Crippen LogP contribution in [-0.4, -0.2) is 36.6 Å². The zero-order chi connectivity index (χ0) is 12.3. The lowest BCUT2D eigenvalue weighted by atomic mass is 10.2. The fourth-order valence-corrected chi connectivity index (χ4v) is 2.23. The van der Waals surface area contributed by atoms with Gasteiger partial charge in [0.25, 0.3) is 0 Å². The van der Waals surface area contributed by atoms with E-state index >= 15 is 0 Å². The van der Waals surface area contributed by atoms with Gasteiger partial charge in [-0.15, -0.1) is 0 Å². The van der Waals surface area contributed by atoms with Gasteiger partial charge in [0.15, 0.2) is 0 Å². The Kier molecular flexibility index (Phi) is 4.22. The molecule has 1 heterocycles. The zero-order valence-corrected chi connectivity index (χ0v) is 11.9. The first-order chi connectivity index (χ1) is 8.16. The molecule has 0 radical (unpaired) electrons. The third-order valence-electron chi connectivity index (χ3n) is 2.86. The van der Waals surface area contributed by atoms with Crippen LogP contribution in [0.2, 0.25) is 0 Å². The first-order valence-corrected chi connectivity index (χ1v) is 6.78. The molecule has 17 heavy (non-hydrogen) atoms. The molecule has 2 amide bonds. The third-order valence-corrected chi connectivity index (χ3v) is 3.58. The molecular weight excluding hydrogens is 329 g/mol. The summed E-state index contributed by atoms with van der Waals surface area (Å²) in [5.74, 6) is 0. The molecule has 0 spiro atoms. The van der Waals surface area contributed by atoms with Crippen LogP contribution in [0.5, 0.6) is 0 Å². The Balaban J connectivity index is 1.98. The molecule has 92 valence electrons. The number of benzene rings is 1. The summed E-state index contributed by atoms with van der Waals surface area (Å²) in [7, 11) is 0. The van der Waals surface area contributed by atoms with Crippen LogP contribution in [0.3, 0.4) is 0 Å². The van der Waals surface area contributed by atoms with Crippen LogP contribution in [0.4, 0.5) is 10.5 Å². The lowest BCUT2D eigenvalue weighted by molar-refractivity contribution is 0.177. The minimum atomic E-state index is -0.0137. The van der Waals surface area contributed by atoms with Crippen molar-refractivity contribution < 1.29 is 4.79 Å². The maximum Gasteiger partial charge on any atom is 0.322 e. The van der Waals surface area contributed by atoms with Gasteiger partial charge in [-0.05, 0) is 53.8 Å². The maximum atomic E-state index is 12.0. The SMILES string of the molecule is C[C@H]1CNCCN1C(=O)Nc1ccc(I)cc1. The molecule has 1 saturated heterocycles. The Hall–Kier alpha value is -0.820. The Morgan fingerprint density at radius 2 is 2.18 bits per heavy atom. The topological polar surface area (TPSA) is 44.4 Å². The van der Waals surface area contributed by atoms with Crippen molar-refractivity contribution in [3.63, 3.8) is 0 Å².